The zero-order valence-corrected chi connectivity index (χ0v) is 9.24. The van der Waals surface area contributed by atoms with E-state index in [9.17, 15) is 0 Å². The molecule has 2 rings (SSSR count). The first kappa shape index (κ1) is 9.90. The summed E-state index contributed by atoms with van der Waals surface area (Å²) in [6.07, 6.45) is 3.88. The Morgan fingerprint density at radius 2 is 2.00 bits per heavy atom. The highest BCUT2D eigenvalue weighted by atomic mass is 16.7. The van der Waals surface area contributed by atoms with Gasteiger partial charge >= 0.3 is 0 Å². The molecule has 0 atom stereocenters. The van der Waals surface area contributed by atoms with E-state index in [1.54, 1.807) is 11.1 Å². The average Bonchev–Trinajstić information content (AvgIpc) is 2.16. The lowest BCUT2D eigenvalue weighted by Crippen LogP contribution is -2.40. The van der Waals surface area contributed by atoms with Gasteiger partial charge in [0, 0.05) is 11.8 Å². The second-order valence-corrected chi connectivity index (χ2v) is 4.63. The number of rotatable bonds is 0. The topological polar surface area (TPSA) is 36.3 Å². The second-order valence-electron chi connectivity index (χ2n) is 4.63. The van der Waals surface area contributed by atoms with Crippen LogP contribution in [-0.2, 0) is 0 Å². The fourth-order valence-corrected chi connectivity index (χ4v) is 1.43. The van der Waals surface area contributed by atoms with Crippen LogP contribution < -0.4 is 10.6 Å². The molecule has 0 bridgehead atoms. The van der Waals surface area contributed by atoms with Crippen molar-refractivity contribution in [3.8, 4) is 5.75 Å². The smallest absolute Gasteiger partial charge is 0.187 e. The summed E-state index contributed by atoms with van der Waals surface area (Å²) in [6, 6.07) is 5.55. The quantitative estimate of drug-likeness (QED) is 0.650. The molecule has 0 spiro atoms. The molecule has 0 saturated carbocycles. The van der Waals surface area contributed by atoms with Gasteiger partial charge in [-0.1, -0.05) is 12.1 Å². The van der Waals surface area contributed by atoms with Crippen LogP contribution in [0.4, 0.5) is 5.69 Å². The zero-order chi connectivity index (χ0) is 11.1. The van der Waals surface area contributed by atoms with Gasteiger partial charge in [0.15, 0.2) is 5.75 Å². The Morgan fingerprint density at radius 3 is 2.67 bits per heavy atom. The van der Waals surface area contributed by atoms with E-state index in [4.69, 9.17) is 10.6 Å². The maximum absolute atomic E-state index is 7.76. The fourth-order valence-electron chi connectivity index (χ4n) is 1.43. The summed E-state index contributed by atoms with van der Waals surface area (Å²) in [5.74, 6) is 0.634. The summed E-state index contributed by atoms with van der Waals surface area (Å²) < 4.78 is 0. The lowest BCUT2D eigenvalue weighted by Gasteiger charge is -2.36. The fraction of sp³-hybridized carbons (Fsp3) is 0.333. The number of para-hydroxylation sites is 1. The van der Waals surface area contributed by atoms with Gasteiger partial charge in [0.05, 0.1) is 11.2 Å². The van der Waals surface area contributed by atoms with Crippen LogP contribution in [0.5, 0.6) is 5.75 Å². The predicted octanol–water partition coefficient (Wildman–Crippen LogP) is 2.98. The van der Waals surface area contributed by atoms with Gasteiger partial charge < -0.3 is 4.84 Å². The van der Waals surface area contributed by atoms with Crippen LogP contribution in [0, 0.1) is 0 Å². The SMILES string of the molecule is CC(C)(C)N1C=Cc2cccc([NH])c2O1. The summed E-state index contributed by atoms with van der Waals surface area (Å²) in [5, 5.41) is 1.77. The van der Waals surface area contributed by atoms with Crippen LogP contribution in [0.3, 0.4) is 0 Å². The minimum atomic E-state index is -0.101. The molecule has 1 aromatic rings. The van der Waals surface area contributed by atoms with E-state index in [1.165, 1.54) is 0 Å². The van der Waals surface area contributed by atoms with Crippen molar-refractivity contribution in [1.29, 1.82) is 0 Å². The van der Waals surface area contributed by atoms with Crippen LogP contribution in [0.2, 0.25) is 0 Å². The first-order valence-electron chi connectivity index (χ1n) is 4.98. The van der Waals surface area contributed by atoms with Gasteiger partial charge in [-0.05, 0) is 32.9 Å². The van der Waals surface area contributed by atoms with Crippen LogP contribution >= 0.6 is 0 Å². The molecule has 0 aromatic heterocycles. The van der Waals surface area contributed by atoms with Crippen molar-refractivity contribution in [2.75, 3.05) is 0 Å². The van der Waals surface area contributed by atoms with Crippen molar-refractivity contribution in [3.05, 3.63) is 30.0 Å². The third kappa shape index (κ3) is 1.77. The number of nitrogens with one attached hydrogen (secondary N) is 1. The Morgan fingerprint density at radius 1 is 1.27 bits per heavy atom. The Labute approximate surface area is 90.1 Å². The van der Waals surface area contributed by atoms with Crippen molar-refractivity contribution < 1.29 is 4.84 Å². The number of benzene rings is 1. The first-order valence-corrected chi connectivity index (χ1v) is 4.98. The van der Waals surface area contributed by atoms with Crippen molar-refractivity contribution in [2.45, 2.75) is 26.3 Å². The molecule has 0 amide bonds. The Balaban J connectivity index is 2.38. The van der Waals surface area contributed by atoms with E-state index in [1.807, 2.05) is 24.4 Å². The number of fused-ring (bicyclic) bond motifs is 1. The Kier molecular flexibility index (Phi) is 2.11. The van der Waals surface area contributed by atoms with Crippen LogP contribution in [0.25, 0.3) is 6.08 Å². The van der Waals surface area contributed by atoms with Gasteiger partial charge in [-0.15, -0.1) is 0 Å². The third-order valence-corrected chi connectivity index (χ3v) is 2.29. The van der Waals surface area contributed by atoms with Gasteiger partial charge in [0.25, 0.3) is 0 Å². The molecule has 3 heteroatoms. The molecule has 1 aliphatic heterocycles. The molecule has 1 N–H and O–H groups in total. The van der Waals surface area contributed by atoms with Crippen molar-refractivity contribution in [3.63, 3.8) is 0 Å². The normalized spacial score (nSPS) is 14.7. The molecule has 0 saturated heterocycles. The number of hydrogen-bond donors (Lipinski definition) is 0. The largest absolute Gasteiger partial charge is 0.377 e. The summed E-state index contributed by atoms with van der Waals surface area (Å²) in [4.78, 5) is 5.69. The molecule has 79 valence electrons. The van der Waals surface area contributed by atoms with E-state index >= 15 is 0 Å². The van der Waals surface area contributed by atoms with Crippen LogP contribution in [-0.4, -0.2) is 10.6 Å². The van der Waals surface area contributed by atoms with Gasteiger partial charge in [-0.2, -0.15) is 0 Å². The number of nitrogens with zero attached hydrogens (tertiary/aromatic N) is 1. The summed E-state index contributed by atoms with van der Waals surface area (Å²) in [5.41, 5.74) is 9.04. The highest BCUT2D eigenvalue weighted by molar-refractivity contribution is 5.67. The third-order valence-electron chi connectivity index (χ3n) is 2.29. The molecular formula is C12H15N2O. The minimum Gasteiger partial charge on any atom is -0.377 e. The molecule has 15 heavy (non-hydrogen) atoms. The van der Waals surface area contributed by atoms with Gasteiger partial charge in [-0.3, -0.25) is 5.73 Å². The molecule has 0 fully saturated rings. The van der Waals surface area contributed by atoms with Crippen molar-refractivity contribution in [2.24, 2.45) is 0 Å². The second kappa shape index (κ2) is 3.19. The Hall–Kier alpha value is -1.64. The van der Waals surface area contributed by atoms with Gasteiger partial charge in [0.2, 0.25) is 0 Å². The lowest BCUT2D eigenvalue weighted by atomic mass is 10.1. The summed E-state index contributed by atoms with van der Waals surface area (Å²) in [7, 11) is 0. The average molecular weight is 203 g/mol. The summed E-state index contributed by atoms with van der Waals surface area (Å²) in [6.45, 7) is 6.19. The predicted molar refractivity (Wildman–Crippen MR) is 60.5 cm³/mol. The highest BCUT2D eigenvalue weighted by Crippen LogP contribution is 2.34. The molecule has 1 aromatic carbocycles. The van der Waals surface area contributed by atoms with E-state index < -0.39 is 0 Å². The maximum atomic E-state index is 7.76. The standard InChI is InChI=1S/C12H15N2O/c1-12(2,3)14-8-7-9-5-4-6-10(13)11(9)15-14/h4-8,13H,1-3H3. The van der Waals surface area contributed by atoms with Crippen LogP contribution in [0.1, 0.15) is 26.3 Å². The van der Waals surface area contributed by atoms with E-state index in [0.29, 0.717) is 11.4 Å². The monoisotopic (exact) mass is 203 g/mol. The Bertz CT molecular complexity index is 405. The van der Waals surface area contributed by atoms with Crippen molar-refractivity contribution in [1.82, 2.24) is 10.8 Å². The molecule has 1 heterocycles. The molecule has 0 unspecified atom stereocenters. The molecule has 1 radical (unpaired) electrons. The number of hydrogen-bond acceptors (Lipinski definition) is 2. The summed E-state index contributed by atoms with van der Waals surface area (Å²) >= 11 is 0. The van der Waals surface area contributed by atoms with Gasteiger partial charge in [0.1, 0.15) is 0 Å². The van der Waals surface area contributed by atoms with E-state index in [-0.39, 0.29) is 5.54 Å². The zero-order valence-electron chi connectivity index (χ0n) is 9.24. The van der Waals surface area contributed by atoms with E-state index in [0.717, 1.165) is 5.56 Å². The lowest BCUT2D eigenvalue weighted by molar-refractivity contribution is -0.0806. The minimum absolute atomic E-state index is 0.101. The van der Waals surface area contributed by atoms with E-state index in [2.05, 4.69) is 20.8 Å². The molecule has 0 aliphatic carbocycles. The molecular weight excluding hydrogens is 188 g/mol. The van der Waals surface area contributed by atoms with Crippen molar-refractivity contribution >= 4 is 11.8 Å². The van der Waals surface area contributed by atoms with Crippen LogP contribution in [0.15, 0.2) is 24.4 Å². The molecule has 3 nitrogen and oxygen atoms in total. The first-order chi connectivity index (χ1) is 6.98. The highest BCUT2D eigenvalue weighted by Gasteiger charge is 2.24. The molecule has 1 aliphatic rings. The van der Waals surface area contributed by atoms with Gasteiger partial charge in [-0.25, -0.2) is 5.06 Å². The number of hydroxylamine groups is 2. The maximum Gasteiger partial charge on any atom is 0.187 e.